The van der Waals surface area contributed by atoms with Gasteiger partial charge in [-0.1, -0.05) is 19.8 Å². The van der Waals surface area contributed by atoms with Crippen molar-refractivity contribution in [2.24, 2.45) is 5.92 Å². The van der Waals surface area contributed by atoms with E-state index in [1.807, 2.05) is 0 Å². The third-order valence-electron chi connectivity index (χ3n) is 4.05. The van der Waals surface area contributed by atoms with E-state index in [0.717, 1.165) is 18.8 Å². The fourth-order valence-electron chi connectivity index (χ4n) is 2.94. The summed E-state index contributed by atoms with van der Waals surface area (Å²) in [5.41, 5.74) is 0.376. The highest BCUT2D eigenvalue weighted by molar-refractivity contribution is 9.10. The van der Waals surface area contributed by atoms with Gasteiger partial charge in [-0.3, -0.25) is 4.79 Å². The molecule has 0 atom stereocenters. The average Bonchev–Trinajstić information content (AvgIpc) is 2.44. The van der Waals surface area contributed by atoms with E-state index in [1.54, 1.807) is 6.07 Å². The van der Waals surface area contributed by atoms with Crippen LogP contribution in [0.3, 0.4) is 0 Å². The monoisotopic (exact) mass is 341 g/mol. The van der Waals surface area contributed by atoms with Gasteiger partial charge in [-0.2, -0.15) is 0 Å². The van der Waals surface area contributed by atoms with Gasteiger partial charge in [-0.05, 0) is 65.7 Å². The highest BCUT2D eigenvalue weighted by atomic mass is 79.9. The van der Waals surface area contributed by atoms with Gasteiger partial charge < -0.3 is 5.32 Å². The van der Waals surface area contributed by atoms with E-state index in [-0.39, 0.29) is 17.8 Å². The van der Waals surface area contributed by atoms with Crippen LogP contribution in [0.25, 0.3) is 0 Å². The molecule has 1 saturated carbocycles. The van der Waals surface area contributed by atoms with Gasteiger partial charge in [0.15, 0.2) is 0 Å². The molecule has 0 spiro atoms. The van der Waals surface area contributed by atoms with Gasteiger partial charge in [0.25, 0.3) is 5.91 Å². The summed E-state index contributed by atoms with van der Waals surface area (Å²) in [4.78, 5) is 12.2. The van der Waals surface area contributed by atoms with Crippen LogP contribution in [0.2, 0.25) is 0 Å². The van der Waals surface area contributed by atoms with E-state index in [9.17, 15) is 9.18 Å². The predicted molar refractivity (Wildman–Crippen MR) is 82.2 cm³/mol. The van der Waals surface area contributed by atoms with E-state index in [0.29, 0.717) is 10.0 Å². The molecule has 0 unspecified atom stereocenters. The molecule has 2 nitrogen and oxygen atoms in total. The molecule has 1 amide bonds. The van der Waals surface area contributed by atoms with Crippen molar-refractivity contribution in [3.05, 3.63) is 34.1 Å². The van der Waals surface area contributed by atoms with Crippen LogP contribution in [-0.4, -0.2) is 11.9 Å². The average molecular weight is 342 g/mol. The molecule has 4 heteroatoms. The van der Waals surface area contributed by atoms with Crippen molar-refractivity contribution in [2.75, 3.05) is 0 Å². The number of halogens is 2. The lowest BCUT2D eigenvalue weighted by Gasteiger charge is -2.29. The molecule has 0 heterocycles. The SMILES string of the molecule is CCCC1CCC(NC(=O)c2cc(F)ccc2Br)CC1. The first-order valence-electron chi connectivity index (χ1n) is 7.36. The fourth-order valence-corrected chi connectivity index (χ4v) is 3.37. The lowest BCUT2D eigenvalue weighted by molar-refractivity contribution is 0.0920. The highest BCUT2D eigenvalue weighted by Gasteiger charge is 2.23. The van der Waals surface area contributed by atoms with Crippen molar-refractivity contribution in [3.8, 4) is 0 Å². The molecule has 2 rings (SSSR count). The van der Waals surface area contributed by atoms with E-state index >= 15 is 0 Å². The lowest BCUT2D eigenvalue weighted by Crippen LogP contribution is -2.37. The Morgan fingerprint density at radius 1 is 1.35 bits per heavy atom. The minimum Gasteiger partial charge on any atom is -0.349 e. The molecule has 1 aliphatic rings. The third kappa shape index (κ3) is 4.05. The summed E-state index contributed by atoms with van der Waals surface area (Å²) in [5, 5.41) is 3.03. The number of carbonyl (C=O) groups is 1. The Labute approximate surface area is 128 Å². The largest absolute Gasteiger partial charge is 0.349 e. The van der Waals surface area contributed by atoms with E-state index < -0.39 is 0 Å². The normalized spacial score (nSPS) is 22.6. The number of hydrogen-bond donors (Lipinski definition) is 1. The first kappa shape index (κ1) is 15.5. The Morgan fingerprint density at radius 3 is 2.70 bits per heavy atom. The zero-order chi connectivity index (χ0) is 14.5. The van der Waals surface area contributed by atoms with Crippen LogP contribution >= 0.6 is 15.9 Å². The number of amides is 1. The highest BCUT2D eigenvalue weighted by Crippen LogP contribution is 2.28. The van der Waals surface area contributed by atoms with E-state index in [4.69, 9.17) is 0 Å². The molecule has 0 radical (unpaired) electrons. The van der Waals surface area contributed by atoms with Crippen LogP contribution in [0, 0.1) is 11.7 Å². The third-order valence-corrected chi connectivity index (χ3v) is 4.74. The maximum atomic E-state index is 13.2. The van der Waals surface area contributed by atoms with E-state index in [1.165, 1.54) is 37.8 Å². The van der Waals surface area contributed by atoms with Crippen LogP contribution in [-0.2, 0) is 0 Å². The summed E-state index contributed by atoms with van der Waals surface area (Å²) in [7, 11) is 0. The molecule has 0 saturated heterocycles. The second kappa shape index (κ2) is 7.21. The maximum absolute atomic E-state index is 13.2. The predicted octanol–water partition coefficient (Wildman–Crippen LogP) is 4.68. The zero-order valence-corrected chi connectivity index (χ0v) is 13.4. The summed E-state index contributed by atoms with van der Waals surface area (Å²) in [6, 6.07) is 4.42. The molecule has 1 aromatic rings. The first-order chi connectivity index (χ1) is 9.60. The minimum absolute atomic E-state index is 0.185. The summed E-state index contributed by atoms with van der Waals surface area (Å²) >= 11 is 3.30. The molecule has 1 N–H and O–H groups in total. The topological polar surface area (TPSA) is 29.1 Å². The number of benzene rings is 1. The van der Waals surface area contributed by atoms with E-state index in [2.05, 4.69) is 28.2 Å². The van der Waals surface area contributed by atoms with Crippen molar-refractivity contribution >= 4 is 21.8 Å². The lowest BCUT2D eigenvalue weighted by atomic mass is 9.83. The van der Waals surface area contributed by atoms with Gasteiger partial charge >= 0.3 is 0 Å². The molecule has 1 aliphatic carbocycles. The van der Waals surface area contributed by atoms with Gasteiger partial charge in [0, 0.05) is 10.5 Å². The van der Waals surface area contributed by atoms with Crippen molar-refractivity contribution in [1.82, 2.24) is 5.32 Å². The fraction of sp³-hybridized carbons (Fsp3) is 0.562. The smallest absolute Gasteiger partial charge is 0.252 e. The molecular formula is C16H21BrFNO. The molecule has 1 aromatic carbocycles. The Hall–Kier alpha value is -0.900. The van der Waals surface area contributed by atoms with Gasteiger partial charge in [0.2, 0.25) is 0 Å². The Balaban J connectivity index is 1.91. The van der Waals surface area contributed by atoms with Crippen molar-refractivity contribution < 1.29 is 9.18 Å². The van der Waals surface area contributed by atoms with Crippen molar-refractivity contribution in [3.63, 3.8) is 0 Å². The number of rotatable bonds is 4. The Bertz CT molecular complexity index is 470. The van der Waals surface area contributed by atoms with Crippen LogP contribution in [0.4, 0.5) is 4.39 Å². The van der Waals surface area contributed by atoms with Crippen molar-refractivity contribution in [2.45, 2.75) is 51.5 Å². The molecule has 0 aromatic heterocycles. The van der Waals surface area contributed by atoms with Gasteiger partial charge in [0.05, 0.1) is 5.56 Å². The second-order valence-electron chi connectivity index (χ2n) is 5.60. The molecule has 1 fully saturated rings. The van der Waals surface area contributed by atoms with Gasteiger partial charge in [-0.15, -0.1) is 0 Å². The Kier molecular flexibility index (Phi) is 5.58. The van der Waals surface area contributed by atoms with Crippen LogP contribution in [0.5, 0.6) is 0 Å². The van der Waals surface area contributed by atoms with Crippen molar-refractivity contribution in [1.29, 1.82) is 0 Å². The van der Waals surface area contributed by atoms with Gasteiger partial charge in [-0.25, -0.2) is 4.39 Å². The molecule has 0 aliphatic heterocycles. The molecule has 0 bridgehead atoms. The summed E-state index contributed by atoms with van der Waals surface area (Å²) < 4.78 is 13.9. The second-order valence-corrected chi connectivity index (χ2v) is 6.46. The quantitative estimate of drug-likeness (QED) is 0.846. The summed E-state index contributed by atoms with van der Waals surface area (Å²) in [6.07, 6.45) is 6.95. The first-order valence-corrected chi connectivity index (χ1v) is 8.15. The van der Waals surface area contributed by atoms with Crippen LogP contribution in [0.15, 0.2) is 22.7 Å². The molecule has 20 heavy (non-hydrogen) atoms. The maximum Gasteiger partial charge on any atom is 0.252 e. The standard InChI is InChI=1S/C16H21BrFNO/c1-2-3-11-4-7-13(8-5-11)19-16(20)14-10-12(18)6-9-15(14)17/h6,9-11,13H,2-5,7-8H2,1H3,(H,19,20). The summed E-state index contributed by atoms with van der Waals surface area (Å²) in [6.45, 7) is 2.22. The minimum atomic E-state index is -0.384. The Morgan fingerprint density at radius 2 is 2.05 bits per heavy atom. The van der Waals surface area contributed by atoms with Crippen LogP contribution in [0.1, 0.15) is 55.8 Å². The zero-order valence-electron chi connectivity index (χ0n) is 11.8. The number of nitrogens with one attached hydrogen (secondary N) is 1. The number of hydrogen-bond acceptors (Lipinski definition) is 1. The molecule has 110 valence electrons. The van der Waals surface area contributed by atoms with Gasteiger partial charge in [0.1, 0.15) is 5.82 Å². The molecular weight excluding hydrogens is 321 g/mol. The number of carbonyl (C=O) groups excluding carboxylic acids is 1. The van der Waals surface area contributed by atoms with Crippen LogP contribution < -0.4 is 5.32 Å². The summed E-state index contributed by atoms with van der Waals surface area (Å²) in [5.74, 6) is 0.245.